The fraction of sp³-hybridized carbons (Fsp3) is 0.600. The van der Waals surface area contributed by atoms with E-state index in [4.69, 9.17) is 0 Å². The molecule has 112 valence electrons. The van der Waals surface area contributed by atoms with Gasteiger partial charge in [0.1, 0.15) is 0 Å². The van der Waals surface area contributed by atoms with Crippen molar-refractivity contribution in [1.29, 1.82) is 0 Å². The Kier molecular flexibility index (Phi) is 7.01. The first-order chi connectivity index (χ1) is 9.51. The first-order valence-corrected chi connectivity index (χ1v) is 7.08. The van der Waals surface area contributed by atoms with Gasteiger partial charge in [-0.3, -0.25) is 4.98 Å². The lowest BCUT2D eigenvalue weighted by Gasteiger charge is -2.18. The van der Waals surface area contributed by atoms with Gasteiger partial charge in [0.2, 0.25) is 0 Å². The van der Waals surface area contributed by atoms with Crippen LogP contribution < -0.4 is 10.6 Å². The van der Waals surface area contributed by atoms with Crippen LogP contribution in [0.3, 0.4) is 0 Å². The predicted molar refractivity (Wildman–Crippen MR) is 79.5 cm³/mol. The third kappa shape index (κ3) is 6.52. The van der Waals surface area contributed by atoms with Gasteiger partial charge in [-0.05, 0) is 37.3 Å². The Morgan fingerprint density at radius 2 is 2.15 bits per heavy atom. The second kappa shape index (κ2) is 8.53. The monoisotopic (exact) mass is 279 g/mol. The summed E-state index contributed by atoms with van der Waals surface area (Å²) in [6.07, 6.45) is 3.34. The number of hydrogen-bond acceptors (Lipinski definition) is 3. The average Bonchev–Trinajstić information content (AvgIpc) is 2.39. The zero-order valence-electron chi connectivity index (χ0n) is 12.5. The number of urea groups is 1. The Bertz CT molecular complexity index is 404. The van der Waals surface area contributed by atoms with Crippen LogP contribution >= 0.6 is 0 Å². The largest absolute Gasteiger partial charge is 0.394 e. The van der Waals surface area contributed by atoms with Crippen LogP contribution in [-0.4, -0.2) is 35.3 Å². The maximum atomic E-state index is 11.7. The highest BCUT2D eigenvalue weighted by Crippen LogP contribution is 2.04. The second-order valence-corrected chi connectivity index (χ2v) is 5.47. The molecule has 1 unspecified atom stereocenters. The molecule has 20 heavy (non-hydrogen) atoms. The van der Waals surface area contributed by atoms with Gasteiger partial charge in [-0.1, -0.05) is 19.9 Å². The number of amides is 2. The predicted octanol–water partition coefficient (Wildman–Crippen LogP) is 1.64. The van der Waals surface area contributed by atoms with Gasteiger partial charge in [0.25, 0.3) is 0 Å². The quantitative estimate of drug-likeness (QED) is 0.710. The van der Waals surface area contributed by atoms with Crippen molar-refractivity contribution in [3.63, 3.8) is 0 Å². The van der Waals surface area contributed by atoms with Crippen molar-refractivity contribution in [3.8, 4) is 0 Å². The maximum Gasteiger partial charge on any atom is 0.315 e. The Balaban J connectivity index is 2.27. The minimum atomic E-state index is -0.232. The van der Waals surface area contributed by atoms with Crippen molar-refractivity contribution in [2.45, 2.75) is 39.7 Å². The van der Waals surface area contributed by atoms with E-state index < -0.39 is 0 Å². The minimum Gasteiger partial charge on any atom is -0.394 e. The molecule has 0 aliphatic rings. The Hall–Kier alpha value is -1.62. The van der Waals surface area contributed by atoms with Crippen LogP contribution in [0, 0.1) is 12.8 Å². The summed E-state index contributed by atoms with van der Waals surface area (Å²) < 4.78 is 0. The molecule has 5 heteroatoms. The molecule has 1 heterocycles. The van der Waals surface area contributed by atoms with Gasteiger partial charge in [0, 0.05) is 18.4 Å². The van der Waals surface area contributed by atoms with Gasteiger partial charge in [0.05, 0.1) is 12.6 Å². The van der Waals surface area contributed by atoms with Crippen molar-refractivity contribution in [2.75, 3.05) is 13.2 Å². The first kappa shape index (κ1) is 16.4. The van der Waals surface area contributed by atoms with Crippen LogP contribution in [-0.2, 0) is 6.42 Å². The number of carbonyl (C=O) groups is 1. The summed E-state index contributed by atoms with van der Waals surface area (Å²) in [7, 11) is 0. The van der Waals surface area contributed by atoms with Crippen LogP contribution in [0.2, 0.25) is 0 Å². The molecule has 0 spiro atoms. The summed E-state index contributed by atoms with van der Waals surface area (Å²) in [5.41, 5.74) is 2.08. The molecular weight excluding hydrogens is 254 g/mol. The van der Waals surface area contributed by atoms with E-state index in [1.807, 2.05) is 25.3 Å². The zero-order chi connectivity index (χ0) is 15.0. The number of nitrogens with one attached hydrogen (secondary N) is 2. The molecule has 2 amide bonds. The molecule has 0 aliphatic heterocycles. The molecule has 1 atom stereocenters. The number of aromatic nitrogens is 1. The van der Waals surface area contributed by atoms with Gasteiger partial charge < -0.3 is 15.7 Å². The van der Waals surface area contributed by atoms with Crippen molar-refractivity contribution < 1.29 is 9.90 Å². The molecule has 1 aromatic rings. The molecule has 3 N–H and O–H groups in total. The summed E-state index contributed by atoms with van der Waals surface area (Å²) in [4.78, 5) is 15.9. The van der Waals surface area contributed by atoms with E-state index in [9.17, 15) is 9.90 Å². The fourth-order valence-corrected chi connectivity index (χ4v) is 1.95. The van der Waals surface area contributed by atoms with Crippen LogP contribution in [0.25, 0.3) is 0 Å². The Morgan fingerprint density at radius 3 is 2.70 bits per heavy atom. The standard InChI is InChI=1S/C15H25N3O2/c1-11(2)8-14(10-19)18-15(20)16-7-6-13-5-4-12(3)17-9-13/h4-5,9,11,14,19H,6-8,10H2,1-3H3,(H2,16,18,20). The fourth-order valence-electron chi connectivity index (χ4n) is 1.95. The highest BCUT2D eigenvalue weighted by atomic mass is 16.3. The Labute approximate surface area is 120 Å². The van der Waals surface area contributed by atoms with Crippen LogP contribution in [0.5, 0.6) is 0 Å². The van der Waals surface area contributed by atoms with Gasteiger partial charge in [-0.25, -0.2) is 4.79 Å². The molecular formula is C15H25N3O2. The van der Waals surface area contributed by atoms with Gasteiger partial charge in [-0.2, -0.15) is 0 Å². The van der Waals surface area contributed by atoms with E-state index in [2.05, 4.69) is 29.5 Å². The maximum absolute atomic E-state index is 11.7. The lowest BCUT2D eigenvalue weighted by atomic mass is 10.0. The third-order valence-corrected chi connectivity index (χ3v) is 2.98. The molecule has 1 rings (SSSR count). The lowest BCUT2D eigenvalue weighted by Crippen LogP contribution is -2.44. The summed E-state index contributed by atoms with van der Waals surface area (Å²) in [6, 6.07) is 3.55. The van der Waals surface area contributed by atoms with Crippen LogP contribution in [0.4, 0.5) is 4.79 Å². The first-order valence-electron chi connectivity index (χ1n) is 7.08. The highest BCUT2D eigenvalue weighted by molar-refractivity contribution is 5.74. The number of hydrogen-bond donors (Lipinski definition) is 3. The van der Waals surface area contributed by atoms with E-state index in [1.54, 1.807) is 0 Å². The molecule has 0 bridgehead atoms. The van der Waals surface area contributed by atoms with E-state index in [0.29, 0.717) is 12.5 Å². The van der Waals surface area contributed by atoms with Crippen molar-refractivity contribution in [2.24, 2.45) is 5.92 Å². The zero-order valence-corrected chi connectivity index (χ0v) is 12.5. The number of carbonyl (C=O) groups excluding carboxylic acids is 1. The smallest absolute Gasteiger partial charge is 0.315 e. The second-order valence-electron chi connectivity index (χ2n) is 5.47. The number of rotatable bonds is 7. The average molecular weight is 279 g/mol. The number of pyridine rings is 1. The minimum absolute atomic E-state index is 0.0342. The molecule has 0 radical (unpaired) electrons. The van der Waals surface area contributed by atoms with Crippen LogP contribution in [0.15, 0.2) is 18.3 Å². The molecule has 0 fully saturated rings. The van der Waals surface area contributed by atoms with E-state index in [-0.39, 0.29) is 18.7 Å². The molecule has 5 nitrogen and oxygen atoms in total. The summed E-state index contributed by atoms with van der Waals surface area (Å²) in [6.45, 7) is 6.59. The molecule has 0 aromatic carbocycles. The number of aliphatic hydroxyl groups is 1. The van der Waals surface area contributed by atoms with E-state index in [1.165, 1.54) is 0 Å². The van der Waals surface area contributed by atoms with E-state index >= 15 is 0 Å². The normalized spacial score (nSPS) is 12.2. The lowest BCUT2D eigenvalue weighted by molar-refractivity contribution is 0.207. The number of aliphatic hydroxyl groups excluding tert-OH is 1. The van der Waals surface area contributed by atoms with Crippen molar-refractivity contribution >= 4 is 6.03 Å². The number of aryl methyl sites for hydroxylation is 1. The van der Waals surface area contributed by atoms with Crippen molar-refractivity contribution in [3.05, 3.63) is 29.6 Å². The van der Waals surface area contributed by atoms with Crippen LogP contribution in [0.1, 0.15) is 31.5 Å². The van der Waals surface area contributed by atoms with Gasteiger partial charge >= 0.3 is 6.03 Å². The highest BCUT2D eigenvalue weighted by Gasteiger charge is 2.12. The van der Waals surface area contributed by atoms with Gasteiger partial charge in [0.15, 0.2) is 0 Å². The molecule has 0 saturated carbocycles. The Morgan fingerprint density at radius 1 is 1.40 bits per heavy atom. The summed E-state index contributed by atoms with van der Waals surface area (Å²) in [5, 5.41) is 14.8. The van der Waals surface area contributed by atoms with E-state index in [0.717, 1.165) is 24.1 Å². The SMILES string of the molecule is Cc1ccc(CCNC(=O)NC(CO)CC(C)C)cn1. The molecule has 0 saturated heterocycles. The third-order valence-electron chi connectivity index (χ3n) is 2.98. The topological polar surface area (TPSA) is 74.2 Å². The molecule has 1 aromatic heterocycles. The summed E-state index contributed by atoms with van der Waals surface area (Å²) >= 11 is 0. The number of nitrogens with zero attached hydrogens (tertiary/aromatic N) is 1. The summed E-state index contributed by atoms with van der Waals surface area (Å²) in [5.74, 6) is 0.436. The molecule has 0 aliphatic carbocycles. The van der Waals surface area contributed by atoms with Gasteiger partial charge in [-0.15, -0.1) is 0 Å². The van der Waals surface area contributed by atoms with Crippen molar-refractivity contribution in [1.82, 2.24) is 15.6 Å².